The van der Waals surface area contributed by atoms with Crippen molar-refractivity contribution >= 4 is 17.8 Å². The number of aromatic carboxylic acids is 1. The Labute approximate surface area is 178 Å². The summed E-state index contributed by atoms with van der Waals surface area (Å²) in [5.74, 6) is -1.30. The molecule has 2 aromatic carbocycles. The molecule has 0 heterocycles. The third kappa shape index (κ3) is 7.43. The van der Waals surface area contributed by atoms with Crippen molar-refractivity contribution in [1.82, 2.24) is 0 Å². The van der Waals surface area contributed by atoms with Gasteiger partial charge in [-0.05, 0) is 24.1 Å². The van der Waals surface area contributed by atoms with Gasteiger partial charge in [-0.1, -0.05) is 82.2 Å². The first-order chi connectivity index (χ1) is 14.5. The molecule has 0 amide bonds. The van der Waals surface area contributed by atoms with Gasteiger partial charge in [0.2, 0.25) is 0 Å². The summed E-state index contributed by atoms with van der Waals surface area (Å²) in [4.78, 5) is 23.9. The van der Waals surface area contributed by atoms with Crippen LogP contribution in [0.3, 0.4) is 0 Å². The number of nitrogens with two attached hydrogens (primary N) is 1. The van der Waals surface area contributed by atoms with Gasteiger partial charge < -0.3 is 20.3 Å². The topological polar surface area (TPSA) is 98.8 Å². The molecule has 0 fully saturated rings. The Hall–Kier alpha value is -3.02. The van der Waals surface area contributed by atoms with Crippen LogP contribution in [0.1, 0.15) is 68.6 Å². The SMILES string of the molecule is CCCCCCCCCCOC(=O)Oc1c(C(=O)O)cc(N)cc1-c1ccccc1. The van der Waals surface area contributed by atoms with Crippen LogP contribution >= 0.6 is 0 Å². The number of hydrogen-bond donors (Lipinski definition) is 2. The van der Waals surface area contributed by atoms with Gasteiger partial charge in [0.05, 0.1) is 6.61 Å². The second-order valence-corrected chi connectivity index (χ2v) is 7.29. The second kappa shape index (κ2) is 12.5. The normalized spacial score (nSPS) is 10.6. The van der Waals surface area contributed by atoms with Crippen LogP contribution in [0.15, 0.2) is 42.5 Å². The van der Waals surface area contributed by atoms with Crippen LogP contribution < -0.4 is 10.5 Å². The monoisotopic (exact) mass is 413 g/mol. The van der Waals surface area contributed by atoms with Crippen molar-refractivity contribution in [3.63, 3.8) is 0 Å². The largest absolute Gasteiger partial charge is 0.513 e. The van der Waals surface area contributed by atoms with Crippen LogP contribution in [-0.2, 0) is 4.74 Å². The molecule has 0 aliphatic heterocycles. The zero-order valence-corrected chi connectivity index (χ0v) is 17.6. The summed E-state index contributed by atoms with van der Waals surface area (Å²) in [5, 5.41) is 9.54. The summed E-state index contributed by atoms with van der Waals surface area (Å²) in [6.07, 6.45) is 8.16. The van der Waals surface area contributed by atoms with Crippen molar-refractivity contribution in [2.45, 2.75) is 58.3 Å². The number of carbonyl (C=O) groups is 2. The van der Waals surface area contributed by atoms with Gasteiger partial charge in [-0.15, -0.1) is 0 Å². The molecular formula is C24H31NO5. The Morgan fingerprint density at radius 1 is 0.933 bits per heavy atom. The molecule has 0 saturated carbocycles. The molecule has 0 bridgehead atoms. The molecule has 30 heavy (non-hydrogen) atoms. The van der Waals surface area contributed by atoms with Crippen molar-refractivity contribution < 1.29 is 24.2 Å². The number of carbonyl (C=O) groups excluding carboxylic acids is 1. The predicted molar refractivity (Wildman–Crippen MR) is 118 cm³/mol. The highest BCUT2D eigenvalue weighted by molar-refractivity contribution is 5.97. The summed E-state index contributed by atoms with van der Waals surface area (Å²) in [7, 11) is 0. The zero-order valence-electron chi connectivity index (χ0n) is 17.6. The Balaban J connectivity index is 1.95. The van der Waals surface area contributed by atoms with Crippen LogP contribution in [0.5, 0.6) is 5.75 Å². The van der Waals surface area contributed by atoms with Crippen molar-refractivity contribution in [3.8, 4) is 16.9 Å². The minimum absolute atomic E-state index is 0.0659. The first-order valence-corrected chi connectivity index (χ1v) is 10.6. The van der Waals surface area contributed by atoms with Crippen molar-refractivity contribution in [3.05, 3.63) is 48.0 Å². The summed E-state index contributed by atoms with van der Waals surface area (Å²) in [6, 6.07) is 11.9. The number of carboxylic acid groups (broad SMARTS) is 1. The molecule has 0 aromatic heterocycles. The Kier molecular flexibility index (Phi) is 9.71. The van der Waals surface area contributed by atoms with Gasteiger partial charge in [0.15, 0.2) is 5.75 Å². The lowest BCUT2D eigenvalue weighted by atomic mass is 10.0. The molecule has 0 aliphatic rings. The number of ether oxygens (including phenoxy) is 2. The van der Waals surface area contributed by atoms with Crippen molar-refractivity contribution in [1.29, 1.82) is 0 Å². The molecule has 0 atom stereocenters. The van der Waals surface area contributed by atoms with Gasteiger partial charge in [0, 0.05) is 11.3 Å². The lowest BCUT2D eigenvalue weighted by Gasteiger charge is -2.14. The van der Waals surface area contributed by atoms with E-state index in [2.05, 4.69) is 6.92 Å². The highest BCUT2D eigenvalue weighted by Crippen LogP contribution is 2.36. The average molecular weight is 414 g/mol. The third-order valence-corrected chi connectivity index (χ3v) is 4.83. The highest BCUT2D eigenvalue weighted by atomic mass is 16.7. The lowest BCUT2D eigenvalue weighted by molar-refractivity contribution is 0.0689. The molecule has 3 N–H and O–H groups in total. The van der Waals surface area contributed by atoms with Crippen molar-refractivity contribution in [2.24, 2.45) is 0 Å². The van der Waals surface area contributed by atoms with Gasteiger partial charge in [0.25, 0.3) is 0 Å². The summed E-state index contributed by atoms with van der Waals surface area (Å²) in [5.41, 5.74) is 7.07. The molecule has 2 rings (SSSR count). The second-order valence-electron chi connectivity index (χ2n) is 7.29. The molecule has 0 unspecified atom stereocenters. The van der Waals surface area contributed by atoms with Gasteiger partial charge in [-0.2, -0.15) is 0 Å². The molecule has 6 nitrogen and oxygen atoms in total. The Morgan fingerprint density at radius 2 is 1.57 bits per heavy atom. The summed E-state index contributed by atoms with van der Waals surface area (Å²) in [6.45, 7) is 2.44. The zero-order chi connectivity index (χ0) is 21.8. The van der Waals surface area contributed by atoms with E-state index in [0.29, 0.717) is 11.1 Å². The molecule has 0 saturated heterocycles. The van der Waals surface area contributed by atoms with Gasteiger partial charge in [0.1, 0.15) is 5.56 Å². The minimum Gasteiger partial charge on any atom is -0.478 e. The number of hydrogen-bond acceptors (Lipinski definition) is 5. The molecule has 0 spiro atoms. The van der Waals surface area contributed by atoms with E-state index in [1.165, 1.54) is 38.2 Å². The van der Waals surface area contributed by atoms with Crippen LogP contribution in [0.25, 0.3) is 11.1 Å². The van der Waals surface area contributed by atoms with Gasteiger partial charge in [-0.25, -0.2) is 9.59 Å². The third-order valence-electron chi connectivity index (χ3n) is 4.83. The fourth-order valence-electron chi connectivity index (χ4n) is 3.26. The van der Waals surface area contributed by atoms with Gasteiger partial charge in [-0.3, -0.25) is 0 Å². The van der Waals surface area contributed by atoms with E-state index >= 15 is 0 Å². The van der Waals surface area contributed by atoms with E-state index in [4.69, 9.17) is 15.2 Å². The van der Waals surface area contributed by atoms with E-state index in [-0.39, 0.29) is 23.6 Å². The molecule has 2 aromatic rings. The van der Waals surface area contributed by atoms with Crippen LogP contribution in [-0.4, -0.2) is 23.8 Å². The number of benzene rings is 2. The number of unbranched alkanes of at least 4 members (excludes halogenated alkanes) is 7. The highest BCUT2D eigenvalue weighted by Gasteiger charge is 2.21. The minimum atomic E-state index is -1.23. The molecule has 0 radical (unpaired) electrons. The van der Waals surface area contributed by atoms with Crippen LogP contribution in [0.4, 0.5) is 10.5 Å². The van der Waals surface area contributed by atoms with E-state index in [1.807, 2.05) is 18.2 Å². The van der Waals surface area contributed by atoms with Crippen molar-refractivity contribution in [2.75, 3.05) is 12.3 Å². The first-order valence-electron chi connectivity index (χ1n) is 10.6. The number of carboxylic acids is 1. The predicted octanol–water partition coefficient (Wildman–Crippen LogP) is 6.29. The molecule has 162 valence electrons. The standard InChI is InChI=1S/C24H31NO5/c1-2-3-4-5-6-7-8-12-15-29-24(28)30-22-20(18-13-10-9-11-14-18)16-19(25)17-21(22)23(26)27/h9-11,13-14,16-17H,2-8,12,15,25H2,1H3,(H,26,27). The van der Waals surface area contributed by atoms with Crippen LogP contribution in [0.2, 0.25) is 0 Å². The summed E-state index contributed by atoms with van der Waals surface area (Å²) >= 11 is 0. The quantitative estimate of drug-likeness (QED) is 0.184. The maximum absolute atomic E-state index is 12.2. The summed E-state index contributed by atoms with van der Waals surface area (Å²) < 4.78 is 10.5. The van der Waals surface area contributed by atoms with E-state index in [0.717, 1.165) is 19.3 Å². The van der Waals surface area contributed by atoms with E-state index in [9.17, 15) is 14.7 Å². The smallest absolute Gasteiger partial charge is 0.478 e. The first kappa shape index (κ1) is 23.3. The molecule has 6 heteroatoms. The molecule has 0 aliphatic carbocycles. The molecular weight excluding hydrogens is 382 g/mol. The maximum atomic E-state index is 12.2. The average Bonchev–Trinajstić information content (AvgIpc) is 2.74. The Bertz CT molecular complexity index is 820. The fraction of sp³-hybridized carbons (Fsp3) is 0.417. The number of nitrogen functional groups attached to an aromatic ring is 1. The fourth-order valence-corrected chi connectivity index (χ4v) is 3.26. The maximum Gasteiger partial charge on any atom is 0.513 e. The van der Waals surface area contributed by atoms with Crippen LogP contribution in [0, 0.1) is 0 Å². The van der Waals surface area contributed by atoms with E-state index < -0.39 is 12.1 Å². The Morgan fingerprint density at radius 3 is 2.20 bits per heavy atom. The van der Waals surface area contributed by atoms with E-state index in [1.54, 1.807) is 18.2 Å². The van der Waals surface area contributed by atoms with Gasteiger partial charge >= 0.3 is 12.1 Å². The number of rotatable bonds is 12. The number of anilines is 1. The lowest BCUT2D eigenvalue weighted by Crippen LogP contribution is -2.15.